The molecule has 0 radical (unpaired) electrons. The molecule has 3 heteroatoms. The second-order valence-corrected chi connectivity index (χ2v) is 5.60. The first-order valence-electron chi connectivity index (χ1n) is 8.21. The van der Waals surface area contributed by atoms with Gasteiger partial charge in [0.1, 0.15) is 0 Å². The Morgan fingerprint density at radius 2 is 1.40 bits per heavy atom. The molecule has 0 fully saturated rings. The summed E-state index contributed by atoms with van der Waals surface area (Å²) in [6.07, 6.45) is 19.0. The van der Waals surface area contributed by atoms with Crippen LogP contribution in [-0.4, -0.2) is 40.9 Å². The molecule has 0 saturated carbocycles. The van der Waals surface area contributed by atoms with Crippen molar-refractivity contribution in [3.63, 3.8) is 0 Å². The molecular formula is C17H31NO2. The van der Waals surface area contributed by atoms with Crippen LogP contribution in [0.2, 0.25) is 0 Å². The topological polar surface area (TPSA) is 43.7 Å². The molecule has 116 valence electrons. The zero-order valence-electron chi connectivity index (χ0n) is 12.7. The summed E-state index contributed by atoms with van der Waals surface area (Å²) < 4.78 is 0. The van der Waals surface area contributed by atoms with Crippen molar-refractivity contribution in [2.24, 2.45) is 0 Å². The lowest BCUT2D eigenvalue weighted by Gasteiger charge is -2.30. The Bertz CT molecular complexity index is 248. The van der Waals surface area contributed by atoms with Crippen molar-refractivity contribution in [3.8, 4) is 0 Å². The fourth-order valence-electron chi connectivity index (χ4n) is 2.65. The maximum atomic E-state index is 8.77. The molecule has 0 aliphatic carbocycles. The molecule has 1 aliphatic heterocycles. The van der Waals surface area contributed by atoms with Crippen molar-refractivity contribution in [3.05, 3.63) is 24.4 Å². The number of allylic oxidation sites excluding steroid dienone is 2. The highest BCUT2D eigenvalue weighted by molar-refractivity contribution is 5.13. The molecule has 0 spiro atoms. The molecular weight excluding hydrogens is 250 g/mol. The summed E-state index contributed by atoms with van der Waals surface area (Å²) in [6.45, 7) is 1.77. The van der Waals surface area contributed by atoms with Gasteiger partial charge in [-0.3, -0.25) is 0 Å². The van der Waals surface area contributed by atoms with Crippen molar-refractivity contribution < 1.29 is 10.2 Å². The van der Waals surface area contributed by atoms with E-state index < -0.39 is 0 Å². The Balaban J connectivity index is 2.15. The van der Waals surface area contributed by atoms with Crippen LogP contribution in [0.3, 0.4) is 0 Å². The predicted octanol–water partition coefficient (Wildman–Crippen LogP) is 3.24. The Hall–Kier alpha value is -0.800. The lowest BCUT2D eigenvalue weighted by atomic mass is 10.0. The minimum atomic E-state index is 0.322. The third-order valence-corrected chi connectivity index (χ3v) is 3.88. The van der Waals surface area contributed by atoms with Gasteiger partial charge in [0.2, 0.25) is 0 Å². The molecule has 20 heavy (non-hydrogen) atoms. The highest BCUT2D eigenvalue weighted by Crippen LogP contribution is 2.17. The average Bonchev–Trinajstić information content (AvgIpc) is 2.48. The van der Waals surface area contributed by atoms with Gasteiger partial charge in [-0.2, -0.15) is 0 Å². The normalized spacial score (nSPS) is 17.9. The molecule has 0 aromatic carbocycles. The molecule has 2 N–H and O–H groups in total. The minimum absolute atomic E-state index is 0.322. The standard InChI is InChI=1S/C17H31NO2/c19-15-9-3-1-5-11-17-12-6-8-14-18(17)13-7-2-4-10-16-20/h6,8,12,14,17,19-20H,1-5,7,9-11,13,15-16H2. The summed E-state index contributed by atoms with van der Waals surface area (Å²) >= 11 is 0. The molecule has 0 amide bonds. The van der Waals surface area contributed by atoms with E-state index in [4.69, 9.17) is 10.2 Å². The first kappa shape index (κ1) is 17.3. The summed E-state index contributed by atoms with van der Waals surface area (Å²) in [5.41, 5.74) is 0. The summed E-state index contributed by atoms with van der Waals surface area (Å²) in [4.78, 5) is 2.45. The van der Waals surface area contributed by atoms with Crippen LogP contribution in [0.4, 0.5) is 0 Å². The van der Waals surface area contributed by atoms with E-state index in [0.717, 1.165) is 32.2 Å². The number of hydrogen-bond donors (Lipinski definition) is 2. The first-order valence-corrected chi connectivity index (χ1v) is 8.21. The summed E-state index contributed by atoms with van der Waals surface area (Å²) in [5, 5.41) is 17.5. The van der Waals surface area contributed by atoms with E-state index in [-0.39, 0.29) is 0 Å². The molecule has 1 rings (SSSR count). The zero-order valence-corrected chi connectivity index (χ0v) is 12.7. The summed E-state index contributed by atoms with van der Waals surface area (Å²) in [5.74, 6) is 0. The van der Waals surface area contributed by atoms with Crippen molar-refractivity contribution in [1.29, 1.82) is 0 Å². The van der Waals surface area contributed by atoms with Crippen molar-refractivity contribution in [2.75, 3.05) is 19.8 Å². The summed E-state index contributed by atoms with van der Waals surface area (Å²) in [6, 6.07) is 0.548. The largest absolute Gasteiger partial charge is 0.396 e. The number of rotatable bonds is 12. The molecule has 0 bridgehead atoms. The van der Waals surface area contributed by atoms with Gasteiger partial charge in [-0.1, -0.05) is 44.3 Å². The molecule has 1 unspecified atom stereocenters. The van der Waals surface area contributed by atoms with E-state index in [1.54, 1.807) is 0 Å². The van der Waals surface area contributed by atoms with Crippen LogP contribution in [0.25, 0.3) is 0 Å². The van der Waals surface area contributed by atoms with E-state index >= 15 is 0 Å². The number of hydrogen-bond acceptors (Lipinski definition) is 3. The maximum absolute atomic E-state index is 8.77. The lowest BCUT2D eigenvalue weighted by Crippen LogP contribution is -2.31. The zero-order chi connectivity index (χ0) is 14.5. The van der Waals surface area contributed by atoms with E-state index in [1.165, 1.54) is 32.1 Å². The van der Waals surface area contributed by atoms with Crippen molar-refractivity contribution in [2.45, 2.75) is 63.8 Å². The second kappa shape index (κ2) is 12.0. The van der Waals surface area contributed by atoms with Gasteiger partial charge in [0.05, 0.1) is 0 Å². The molecule has 0 saturated heterocycles. The number of aliphatic hydroxyl groups excluding tert-OH is 2. The first-order chi connectivity index (χ1) is 9.88. The van der Waals surface area contributed by atoms with E-state index in [2.05, 4.69) is 29.3 Å². The average molecular weight is 281 g/mol. The molecule has 1 heterocycles. The van der Waals surface area contributed by atoms with Gasteiger partial charge in [0, 0.05) is 25.8 Å². The highest BCUT2D eigenvalue weighted by Gasteiger charge is 2.13. The SMILES string of the molecule is OCCCCCCC1C=CC=CN1CCCCCCO. The fourth-order valence-corrected chi connectivity index (χ4v) is 2.65. The van der Waals surface area contributed by atoms with Crippen LogP contribution < -0.4 is 0 Å². The summed E-state index contributed by atoms with van der Waals surface area (Å²) in [7, 11) is 0. The lowest BCUT2D eigenvalue weighted by molar-refractivity contribution is 0.268. The van der Waals surface area contributed by atoms with Crippen molar-refractivity contribution in [1.82, 2.24) is 4.90 Å². The molecule has 1 aliphatic rings. The van der Waals surface area contributed by atoms with E-state index in [0.29, 0.717) is 19.3 Å². The molecule has 0 aromatic heterocycles. The van der Waals surface area contributed by atoms with Crippen LogP contribution in [0.15, 0.2) is 24.4 Å². The second-order valence-electron chi connectivity index (χ2n) is 5.60. The van der Waals surface area contributed by atoms with Gasteiger partial charge >= 0.3 is 0 Å². The van der Waals surface area contributed by atoms with Crippen LogP contribution in [0.1, 0.15) is 57.8 Å². The predicted molar refractivity (Wildman–Crippen MR) is 84.5 cm³/mol. The maximum Gasteiger partial charge on any atom is 0.0470 e. The minimum Gasteiger partial charge on any atom is -0.396 e. The van der Waals surface area contributed by atoms with Crippen LogP contribution >= 0.6 is 0 Å². The van der Waals surface area contributed by atoms with Crippen LogP contribution in [0, 0.1) is 0 Å². The van der Waals surface area contributed by atoms with Gasteiger partial charge in [0.25, 0.3) is 0 Å². The number of nitrogens with zero attached hydrogens (tertiary/aromatic N) is 1. The van der Waals surface area contributed by atoms with Gasteiger partial charge in [-0.05, 0) is 38.0 Å². The van der Waals surface area contributed by atoms with E-state index in [9.17, 15) is 0 Å². The highest BCUT2D eigenvalue weighted by atomic mass is 16.3. The Morgan fingerprint density at radius 1 is 0.750 bits per heavy atom. The third-order valence-electron chi connectivity index (χ3n) is 3.88. The number of unbranched alkanes of at least 4 members (excludes halogenated alkanes) is 6. The third kappa shape index (κ3) is 7.71. The molecule has 3 nitrogen and oxygen atoms in total. The smallest absolute Gasteiger partial charge is 0.0470 e. The Kier molecular flexibility index (Phi) is 10.3. The van der Waals surface area contributed by atoms with Crippen LogP contribution in [-0.2, 0) is 0 Å². The van der Waals surface area contributed by atoms with Crippen molar-refractivity contribution >= 4 is 0 Å². The number of aliphatic hydroxyl groups is 2. The quantitative estimate of drug-likeness (QED) is 0.540. The fraction of sp³-hybridized carbons (Fsp3) is 0.765. The molecule has 1 atom stereocenters. The monoisotopic (exact) mass is 281 g/mol. The van der Waals surface area contributed by atoms with E-state index in [1.807, 2.05) is 0 Å². The Morgan fingerprint density at radius 3 is 2.10 bits per heavy atom. The van der Waals surface area contributed by atoms with Gasteiger partial charge in [-0.25, -0.2) is 0 Å². The van der Waals surface area contributed by atoms with Crippen LogP contribution in [0.5, 0.6) is 0 Å². The van der Waals surface area contributed by atoms with Gasteiger partial charge < -0.3 is 15.1 Å². The van der Waals surface area contributed by atoms with Gasteiger partial charge in [-0.15, -0.1) is 0 Å². The molecule has 0 aromatic rings. The van der Waals surface area contributed by atoms with Gasteiger partial charge in [0.15, 0.2) is 0 Å². The Labute approximate surface area is 124 Å².